The van der Waals surface area contributed by atoms with E-state index in [9.17, 15) is 4.79 Å². The van der Waals surface area contributed by atoms with E-state index in [-0.39, 0.29) is 12.4 Å². The zero-order chi connectivity index (χ0) is 11.4. The van der Waals surface area contributed by atoms with Gasteiger partial charge in [-0.15, -0.1) is 0 Å². The average molecular weight is 207 g/mol. The normalized spacial score (nSPS) is 9.47. The molecule has 0 saturated carbocycles. The van der Waals surface area contributed by atoms with Gasteiger partial charge in [-0.25, -0.2) is 9.97 Å². The third kappa shape index (κ3) is 2.65. The summed E-state index contributed by atoms with van der Waals surface area (Å²) < 4.78 is 0. The fourth-order valence-electron chi connectivity index (χ4n) is 1.21. The second-order valence-corrected chi connectivity index (χ2v) is 2.93. The lowest BCUT2D eigenvalue weighted by molar-refractivity contribution is -0.136. The Balaban J connectivity index is 3.20. The smallest absolute Gasteiger partial charge is 0.307 e. The van der Waals surface area contributed by atoms with E-state index in [1.54, 1.807) is 13.8 Å². The Bertz CT molecular complexity index is 427. The molecule has 0 amide bonds. The van der Waals surface area contributed by atoms with Crippen molar-refractivity contribution < 1.29 is 9.90 Å². The highest BCUT2D eigenvalue weighted by atomic mass is 16.4. The number of aromatic nitrogens is 2. The molecule has 7 heteroatoms. The summed E-state index contributed by atoms with van der Waals surface area (Å²) in [6.07, 6.45) is -0.131. The Hall–Kier alpha value is -2.14. The molecule has 15 heavy (non-hydrogen) atoms. The molecule has 0 aliphatic rings. The topological polar surface area (TPSA) is 112 Å². The standard InChI is InChI=1S/C8H9N5O2/c1-4-6(3-7(14)15)5(2)11-8(10-4)12-13-9/h3H2,1-2H3,(H,14,15). The molecule has 0 radical (unpaired) electrons. The summed E-state index contributed by atoms with van der Waals surface area (Å²) >= 11 is 0. The fourth-order valence-corrected chi connectivity index (χ4v) is 1.21. The molecule has 0 fully saturated rings. The van der Waals surface area contributed by atoms with Crippen molar-refractivity contribution in [1.29, 1.82) is 0 Å². The summed E-state index contributed by atoms with van der Waals surface area (Å²) in [6.45, 7) is 3.31. The van der Waals surface area contributed by atoms with Crippen LogP contribution in [-0.2, 0) is 11.2 Å². The average Bonchev–Trinajstić information content (AvgIpc) is 2.11. The first-order chi connectivity index (χ1) is 7.04. The number of aliphatic carboxylic acids is 1. The van der Waals surface area contributed by atoms with E-state index in [1.807, 2.05) is 0 Å². The Kier molecular flexibility index (Phi) is 3.20. The van der Waals surface area contributed by atoms with Gasteiger partial charge < -0.3 is 5.11 Å². The molecule has 1 rings (SSSR count). The summed E-state index contributed by atoms with van der Waals surface area (Å²) in [5.74, 6) is -0.928. The first kappa shape index (κ1) is 10.9. The van der Waals surface area contributed by atoms with E-state index in [2.05, 4.69) is 20.0 Å². The molecular weight excluding hydrogens is 198 g/mol. The molecule has 0 aliphatic heterocycles. The van der Waals surface area contributed by atoms with Crippen LogP contribution in [0.3, 0.4) is 0 Å². The van der Waals surface area contributed by atoms with Gasteiger partial charge in [-0.1, -0.05) is 0 Å². The Morgan fingerprint density at radius 1 is 1.47 bits per heavy atom. The zero-order valence-electron chi connectivity index (χ0n) is 8.30. The van der Waals surface area contributed by atoms with Crippen LogP contribution in [0.2, 0.25) is 0 Å². The van der Waals surface area contributed by atoms with E-state index < -0.39 is 5.97 Å². The van der Waals surface area contributed by atoms with Crippen molar-refractivity contribution in [2.24, 2.45) is 5.11 Å². The van der Waals surface area contributed by atoms with Crippen LogP contribution in [0.5, 0.6) is 0 Å². The lowest BCUT2D eigenvalue weighted by Gasteiger charge is -2.06. The molecule has 0 spiro atoms. The van der Waals surface area contributed by atoms with Gasteiger partial charge in [0.25, 0.3) is 0 Å². The van der Waals surface area contributed by atoms with Gasteiger partial charge in [0.05, 0.1) is 6.42 Å². The van der Waals surface area contributed by atoms with Gasteiger partial charge in [0.15, 0.2) is 0 Å². The van der Waals surface area contributed by atoms with E-state index in [1.165, 1.54) is 0 Å². The van der Waals surface area contributed by atoms with Crippen molar-refractivity contribution >= 4 is 11.9 Å². The first-order valence-electron chi connectivity index (χ1n) is 4.15. The van der Waals surface area contributed by atoms with Crippen LogP contribution in [0.1, 0.15) is 17.0 Å². The van der Waals surface area contributed by atoms with Gasteiger partial charge in [0.1, 0.15) is 0 Å². The maximum Gasteiger partial charge on any atom is 0.307 e. The number of nitrogens with zero attached hydrogens (tertiary/aromatic N) is 5. The van der Waals surface area contributed by atoms with Crippen molar-refractivity contribution in [1.82, 2.24) is 9.97 Å². The van der Waals surface area contributed by atoms with Gasteiger partial charge in [0, 0.05) is 21.9 Å². The number of carbonyl (C=O) groups is 1. The summed E-state index contributed by atoms with van der Waals surface area (Å²) in [6, 6.07) is 0. The third-order valence-electron chi connectivity index (χ3n) is 1.87. The van der Waals surface area contributed by atoms with Gasteiger partial charge in [-0.2, -0.15) is 0 Å². The van der Waals surface area contributed by atoms with Gasteiger partial charge in [-0.05, 0) is 24.5 Å². The maximum absolute atomic E-state index is 10.5. The molecule has 1 heterocycles. The monoisotopic (exact) mass is 207 g/mol. The second-order valence-electron chi connectivity index (χ2n) is 2.93. The number of aryl methyl sites for hydroxylation is 2. The molecule has 1 N–H and O–H groups in total. The lowest BCUT2D eigenvalue weighted by atomic mass is 10.1. The number of hydrogen-bond acceptors (Lipinski definition) is 4. The largest absolute Gasteiger partial charge is 0.481 e. The number of carboxylic acids is 1. The molecule has 0 atom stereocenters. The predicted molar refractivity (Wildman–Crippen MR) is 51.7 cm³/mol. The van der Waals surface area contributed by atoms with Gasteiger partial charge in [0.2, 0.25) is 5.95 Å². The van der Waals surface area contributed by atoms with Crippen LogP contribution in [0, 0.1) is 13.8 Å². The molecule has 0 bridgehead atoms. The van der Waals surface area contributed by atoms with Gasteiger partial charge >= 0.3 is 5.97 Å². The molecule has 0 aromatic carbocycles. The van der Waals surface area contributed by atoms with Crippen molar-refractivity contribution in [2.75, 3.05) is 0 Å². The molecule has 78 valence electrons. The molecule has 1 aromatic heterocycles. The summed E-state index contributed by atoms with van der Waals surface area (Å²) in [4.78, 5) is 20.9. The SMILES string of the molecule is Cc1nc(N=[N+]=[N-])nc(C)c1CC(=O)O. The van der Waals surface area contributed by atoms with Crippen LogP contribution < -0.4 is 0 Å². The molecule has 1 aromatic rings. The van der Waals surface area contributed by atoms with E-state index >= 15 is 0 Å². The number of carboxylic acid groups (broad SMARTS) is 1. The van der Waals surface area contributed by atoms with Crippen molar-refractivity contribution in [3.05, 3.63) is 27.4 Å². The van der Waals surface area contributed by atoms with E-state index in [0.717, 1.165) is 0 Å². The quantitative estimate of drug-likeness (QED) is 0.461. The third-order valence-corrected chi connectivity index (χ3v) is 1.87. The van der Waals surface area contributed by atoms with Gasteiger partial charge in [-0.3, -0.25) is 4.79 Å². The van der Waals surface area contributed by atoms with Crippen LogP contribution in [0.15, 0.2) is 5.11 Å². The number of azide groups is 1. The fraction of sp³-hybridized carbons (Fsp3) is 0.375. The van der Waals surface area contributed by atoms with Crippen LogP contribution in [-0.4, -0.2) is 21.0 Å². The Morgan fingerprint density at radius 2 is 2.00 bits per heavy atom. The molecular formula is C8H9N5O2. The minimum atomic E-state index is -0.943. The summed E-state index contributed by atoms with van der Waals surface area (Å²) in [5, 5.41) is 11.9. The minimum absolute atomic E-state index is 0.0154. The molecule has 0 saturated heterocycles. The summed E-state index contributed by atoms with van der Waals surface area (Å²) in [5.41, 5.74) is 9.80. The lowest BCUT2D eigenvalue weighted by Crippen LogP contribution is -2.07. The van der Waals surface area contributed by atoms with E-state index in [4.69, 9.17) is 10.6 Å². The first-order valence-corrected chi connectivity index (χ1v) is 4.15. The van der Waals surface area contributed by atoms with Crippen molar-refractivity contribution in [3.63, 3.8) is 0 Å². The summed E-state index contributed by atoms with van der Waals surface area (Å²) in [7, 11) is 0. The molecule has 0 aliphatic carbocycles. The predicted octanol–water partition coefficient (Wildman–Crippen LogP) is 1.66. The van der Waals surface area contributed by atoms with E-state index in [0.29, 0.717) is 17.0 Å². The highest BCUT2D eigenvalue weighted by molar-refractivity contribution is 5.70. The highest BCUT2D eigenvalue weighted by Gasteiger charge is 2.10. The Labute approximate surface area is 85.4 Å². The number of rotatable bonds is 3. The highest BCUT2D eigenvalue weighted by Crippen LogP contribution is 2.15. The second kappa shape index (κ2) is 4.39. The zero-order valence-corrected chi connectivity index (χ0v) is 8.30. The molecule has 0 unspecified atom stereocenters. The van der Waals surface area contributed by atoms with Crippen LogP contribution in [0.4, 0.5) is 5.95 Å². The van der Waals surface area contributed by atoms with Crippen LogP contribution >= 0.6 is 0 Å². The van der Waals surface area contributed by atoms with Crippen molar-refractivity contribution in [2.45, 2.75) is 20.3 Å². The van der Waals surface area contributed by atoms with Crippen LogP contribution in [0.25, 0.3) is 10.4 Å². The van der Waals surface area contributed by atoms with Crippen molar-refractivity contribution in [3.8, 4) is 0 Å². The Morgan fingerprint density at radius 3 is 2.40 bits per heavy atom. The minimum Gasteiger partial charge on any atom is -0.481 e. The number of hydrogen-bond donors (Lipinski definition) is 1. The molecule has 7 nitrogen and oxygen atoms in total. The maximum atomic E-state index is 10.5.